The van der Waals surface area contributed by atoms with Crippen molar-refractivity contribution in [1.29, 1.82) is 0 Å². The Kier molecular flexibility index (Phi) is 5.08. The number of hydrogen-bond donors (Lipinski definition) is 3. The van der Waals surface area contributed by atoms with Crippen LogP contribution in [-0.4, -0.2) is 16.1 Å². The SMILES string of the molecule is O=C(Nc1ccc(F)cc1)Nc1ccc(Oc2ccnc3oc(CO)cc23)cc1. The average Bonchev–Trinajstić information content (AvgIpc) is 3.16. The number of carbonyl (C=O) groups is 1. The fourth-order valence-electron chi connectivity index (χ4n) is 2.69. The molecule has 146 valence electrons. The van der Waals surface area contributed by atoms with Gasteiger partial charge in [-0.05, 0) is 54.6 Å². The second-order valence-electron chi connectivity index (χ2n) is 6.11. The Morgan fingerprint density at radius 3 is 2.34 bits per heavy atom. The van der Waals surface area contributed by atoms with E-state index in [0.29, 0.717) is 39.7 Å². The first-order valence-corrected chi connectivity index (χ1v) is 8.70. The Bertz CT molecular complexity index is 1140. The molecule has 0 bridgehead atoms. The van der Waals surface area contributed by atoms with Gasteiger partial charge in [-0.2, -0.15) is 0 Å². The van der Waals surface area contributed by atoms with Gasteiger partial charge in [0.15, 0.2) is 0 Å². The zero-order chi connectivity index (χ0) is 20.2. The number of rotatable bonds is 5. The zero-order valence-electron chi connectivity index (χ0n) is 15.1. The van der Waals surface area contributed by atoms with Crippen molar-refractivity contribution in [3.63, 3.8) is 0 Å². The van der Waals surface area contributed by atoms with Crippen molar-refractivity contribution in [3.8, 4) is 11.5 Å². The number of benzene rings is 2. The van der Waals surface area contributed by atoms with Gasteiger partial charge in [0.25, 0.3) is 0 Å². The number of nitrogens with one attached hydrogen (secondary N) is 2. The maximum absolute atomic E-state index is 12.9. The largest absolute Gasteiger partial charge is 0.456 e. The van der Waals surface area contributed by atoms with Crippen molar-refractivity contribution in [3.05, 3.63) is 78.4 Å². The summed E-state index contributed by atoms with van der Waals surface area (Å²) in [5.41, 5.74) is 1.41. The molecule has 0 unspecified atom stereocenters. The fourth-order valence-corrected chi connectivity index (χ4v) is 2.69. The molecule has 0 atom stereocenters. The van der Waals surface area contributed by atoms with Crippen molar-refractivity contribution in [1.82, 2.24) is 4.98 Å². The summed E-state index contributed by atoms with van der Waals surface area (Å²) in [6.45, 7) is -0.226. The quantitative estimate of drug-likeness (QED) is 0.448. The summed E-state index contributed by atoms with van der Waals surface area (Å²) in [5.74, 6) is 1.11. The first kappa shape index (κ1) is 18.5. The zero-order valence-corrected chi connectivity index (χ0v) is 15.1. The second kappa shape index (κ2) is 7.99. The lowest BCUT2D eigenvalue weighted by Gasteiger charge is -2.09. The van der Waals surface area contributed by atoms with Crippen LogP contribution < -0.4 is 15.4 Å². The monoisotopic (exact) mass is 393 g/mol. The van der Waals surface area contributed by atoms with E-state index in [1.165, 1.54) is 24.3 Å². The Balaban J connectivity index is 1.42. The molecule has 3 N–H and O–H groups in total. The number of aliphatic hydroxyl groups is 1. The summed E-state index contributed by atoms with van der Waals surface area (Å²) in [4.78, 5) is 16.1. The van der Waals surface area contributed by atoms with E-state index in [9.17, 15) is 14.3 Å². The highest BCUT2D eigenvalue weighted by molar-refractivity contribution is 5.99. The van der Waals surface area contributed by atoms with Crippen molar-refractivity contribution < 1.29 is 23.4 Å². The second-order valence-corrected chi connectivity index (χ2v) is 6.11. The number of carbonyl (C=O) groups excluding carboxylic acids is 1. The highest BCUT2D eigenvalue weighted by Gasteiger charge is 2.11. The first-order valence-electron chi connectivity index (χ1n) is 8.70. The topological polar surface area (TPSA) is 96.6 Å². The molecule has 4 aromatic rings. The molecule has 0 aliphatic heterocycles. The predicted molar refractivity (Wildman–Crippen MR) is 105 cm³/mol. The number of urea groups is 1. The van der Waals surface area contributed by atoms with E-state index < -0.39 is 6.03 Å². The molecule has 8 heteroatoms. The third-order valence-electron chi connectivity index (χ3n) is 4.04. The molecule has 0 aliphatic rings. The third kappa shape index (κ3) is 4.33. The highest BCUT2D eigenvalue weighted by atomic mass is 19.1. The Hall–Kier alpha value is -3.91. The number of halogens is 1. The Labute approximate surface area is 164 Å². The smallest absolute Gasteiger partial charge is 0.323 e. The van der Waals surface area contributed by atoms with Crippen LogP contribution in [0.3, 0.4) is 0 Å². The van der Waals surface area contributed by atoms with Gasteiger partial charge >= 0.3 is 6.03 Å². The molecule has 29 heavy (non-hydrogen) atoms. The van der Waals surface area contributed by atoms with Crippen molar-refractivity contribution >= 4 is 28.5 Å². The van der Waals surface area contributed by atoms with Crippen LogP contribution in [0.15, 0.2) is 71.3 Å². The Morgan fingerprint density at radius 2 is 1.69 bits per heavy atom. The molecule has 0 fully saturated rings. The van der Waals surface area contributed by atoms with Crippen LogP contribution in [0.2, 0.25) is 0 Å². The first-order chi connectivity index (χ1) is 14.1. The number of aliphatic hydroxyl groups excluding tert-OH is 1. The van der Waals surface area contributed by atoms with E-state index in [-0.39, 0.29) is 12.4 Å². The van der Waals surface area contributed by atoms with Crippen LogP contribution in [0.25, 0.3) is 11.1 Å². The average molecular weight is 393 g/mol. The molecule has 0 saturated carbocycles. The van der Waals surface area contributed by atoms with Crippen LogP contribution in [-0.2, 0) is 6.61 Å². The van der Waals surface area contributed by atoms with E-state index in [1.807, 2.05) is 0 Å². The molecule has 0 spiro atoms. The summed E-state index contributed by atoms with van der Waals surface area (Å²) in [5, 5.41) is 15.2. The number of ether oxygens (including phenoxy) is 1. The molecule has 2 aromatic heterocycles. The molecule has 0 saturated heterocycles. The summed E-state index contributed by atoms with van der Waals surface area (Å²) < 4.78 is 24.2. The maximum atomic E-state index is 12.9. The van der Waals surface area contributed by atoms with Gasteiger partial charge in [-0.25, -0.2) is 14.2 Å². The van der Waals surface area contributed by atoms with Crippen molar-refractivity contribution in [2.45, 2.75) is 6.61 Å². The van der Waals surface area contributed by atoms with Gasteiger partial charge in [-0.1, -0.05) is 0 Å². The summed E-state index contributed by atoms with van der Waals surface area (Å²) in [6.07, 6.45) is 1.55. The van der Waals surface area contributed by atoms with Gasteiger partial charge < -0.3 is 24.9 Å². The van der Waals surface area contributed by atoms with Crippen LogP contribution in [0.4, 0.5) is 20.6 Å². The van der Waals surface area contributed by atoms with E-state index in [1.54, 1.807) is 42.6 Å². The van der Waals surface area contributed by atoms with Gasteiger partial charge in [0.2, 0.25) is 5.71 Å². The highest BCUT2D eigenvalue weighted by Crippen LogP contribution is 2.31. The van der Waals surface area contributed by atoms with Gasteiger partial charge in [0.1, 0.15) is 29.7 Å². The summed E-state index contributed by atoms with van der Waals surface area (Å²) in [7, 11) is 0. The van der Waals surface area contributed by atoms with E-state index >= 15 is 0 Å². The number of fused-ring (bicyclic) bond motifs is 1. The normalized spacial score (nSPS) is 10.7. The summed E-state index contributed by atoms with van der Waals surface area (Å²) in [6, 6.07) is 15.2. The van der Waals surface area contributed by atoms with Gasteiger partial charge in [0, 0.05) is 23.6 Å². The van der Waals surface area contributed by atoms with Gasteiger partial charge in [-0.3, -0.25) is 0 Å². The third-order valence-corrected chi connectivity index (χ3v) is 4.04. The molecule has 2 aromatic carbocycles. The number of amides is 2. The van der Waals surface area contributed by atoms with E-state index in [2.05, 4.69) is 15.6 Å². The number of anilines is 2. The standard InChI is InChI=1S/C21H16FN3O4/c22-13-1-3-14(4-2-13)24-21(27)25-15-5-7-16(8-6-15)28-19-9-10-23-20-18(19)11-17(12-26)29-20/h1-11,26H,12H2,(H2,24,25,27). The number of furan rings is 1. The van der Waals surface area contributed by atoms with Gasteiger partial charge in [0.05, 0.1) is 5.39 Å². The van der Waals surface area contributed by atoms with Crippen molar-refractivity contribution in [2.75, 3.05) is 10.6 Å². The lowest BCUT2D eigenvalue weighted by Crippen LogP contribution is -2.19. The number of pyridine rings is 1. The van der Waals surface area contributed by atoms with Crippen LogP contribution in [0, 0.1) is 5.82 Å². The lowest BCUT2D eigenvalue weighted by molar-refractivity contribution is 0.250. The predicted octanol–water partition coefficient (Wildman–Crippen LogP) is 4.90. The number of aromatic nitrogens is 1. The van der Waals surface area contributed by atoms with E-state index in [0.717, 1.165) is 0 Å². The Morgan fingerprint density at radius 1 is 1.03 bits per heavy atom. The van der Waals surface area contributed by atoms with Crippen LogP contribution in [0.5, 0.6) is 11.5 Å². The molecule has 2 amide bonds. The minimum atomic E-state index is -0.448. The van der Waals surface area contributed by atoms with Crippen molar-refractivity contribution in [2.24, 2.45) is 0 Å². The lowest BCUT2D eigenvalue weighted by atomic mass is 10.2. The minimum Gasteiger partial charge on any atom is -0.456 e. The van der Waals surface area contributed by atoms with Crippen LogP contribution in [0.1, 0.15) is 5.76 Å². The molecule has 0 aliphatic carbocycles. The molecular weight excluding hydrogens is 377 g/mol. The molecule has 0 radical (unpaired) electrons. The maximum Gasteiger partial charge on any atom is 0.323 e. The number of nitrogens with zero attached hydrogens (tertiary/aromatic N) is 1. The van der Waals surface area contributed by atoms with Crippen LogP contribution >= 0.6 is 0 Å². The molecular formula is C21H16FN3O4. The summed E-state index contributed by atoms with van der Waals surface area (Å²) >= 11 is 0. The molecule has 4 rings (SSSR count). The fraction of sp³-hybridized carbons (Fsp3) is 0.0476. The molecule has 7 nitrogen and oxygen atoms in total. The molecule has 2 heterocycles. The number of hydrogen-bond acceptors (Lipinski definition) is 5. The minimum absolute atomic E-state index is 0.226. The van der Waals surface area contributed by atoms with E-state index in [4.69, 9.17) is 9.15 Å². The van der Waals surface area contributed by atoms with Gasteiger partial charge in [-0.15, -0.1) is 0 Å².